The molecule has 1 amide bonds. The summed E-state index contributed by atoms with van der Waals surface area (Å²) in [5, 5.41) is 7.97. The minimum atomic E-state index is -4.42. The van der Waals surface area contributed by atoms with Gasteiger partial charge in [-0.3, -0.25) is 4.79 Å². The minimum Gasteiger partial charge on any atom is -0.388 e. The molecule has 0 aliphatic heterocycles. The Morgan fingerprint density at radius 3 is 2.73 bits per heavy atom. The maximum atomic E-state index is 12.9. The second kappa shape index (κ2) is 9.41. The van der Waals surface area contributed by atoms with Gasteiger partial charge in [0.05, 0.1) is 6.04 Å². The van der Waals surface area contributed by atoms with E-state index in [2.05, 4.69) is 10.6 Å². The van der Waals surface area contributed by atoms with Crippen LogP contribution in [0.1, 0.15) is 56.4 Å². The SMILES string of the molecule is CC(NC(=O)CCCNC1=C(C(N)C(F)(F)F)CCCC1)c1cccs1. The first kappa shape index (κ1) is 20.8. The average molecular weight is 389 g/mol. The molecule has 4 N–H and O–H groups in total. The fraction of sp³-hybridized carbons (Fsp3) is 0.611. The zero-order chi connectivity index (χ0) is 19.2. The molecule has 1 aromatic heterocycles. The number of alkyl halides is 3. The highest BCUT2D eigenvalue weighted by molar-refractivity contribution is 7.10. The van der Waals surface area contributed by atoms with Crippen molar-refractivity contribution in [2.24, 2.45) is 5.73 Å². The number of carbonyl (C=O) groups is 1. The van der Waals surface area contributed by atoms with Crippen molar-refractivity contribution in [2.75, 3.05) is 6.54 Å². The number of thiophene rings is 1. The first-order chi connectivity index (χ1) is 12.3. The van der Waals surface area contributed by atoms with Crippen molar-refractivity contribution in [3.63, 3.8) is 0 Å². The summed E-state index contributed by atoms with van der Waals surface area (Å²) in [6.45, 7) is 2.39. The smallest absolute Gasteiger partial charge is 0.388 e. The fourth-order valence-corrected chi connectivity index (χ4v) is 3.82. The number of allylic oxidation sites excluding steroid dienone is 1. The number of nitrogens with two attached hydrogens (primary N) is 1. The number of nitrogens with one attached hydrogen (secondary N) is 2. The molecule has 1 aromatic rings. The molecule has 1 aliphatic rings. The van der Waals surface area contributed by atoms with Crippen LogP contribution in [0.15, 0.2) is 28.8 Å². The zero-order valence-corrected chi connectivity index (χ0v) is 15.7. The Bertz CT molecular complexity index is 614. The molecular formula is C18H26F3N3OS. The van der Waals surface area contributed by atoms with Crippen LogP contribution in [0.3, 0.4) is 0 Å². The number of hydrogen-bond donors (Lipinski definition) is 3. The van der Waals surface area contributed by atoms with Crippen molar-refractivity contribution in [3.8, 4) is 0 Å². The van der Waals surface area contributed by atoms with Gasteiger partial charge in [0.2, 0.25) is 5.91 Å². The van der Waals surface area contributed by atoms with E-state index in [1.807, 2.05) is 24.4 Å². The molecule has 2 unspecified atom stereocenters. The molecule has 8 heteroatoms. The van der Waals surface area contributed by atoms with Crippen LogP contribution < -0.4 is 16.4 Å². The Morgan fingerprint density at radius 2 is 2.08 bits per heavy atom. The lowest BCUT2D eigenvalue weighted by Gasteiger charge is -2.27. The van der Waals surface area contributed by atoms with E-state index in [0.717, 1.165) is 17.7 Å². The van der Waals surface area contributed by atoms with Gasteiger partial charge in [-0.2, -0.15) is 13.2 Å². The lowest BCUT2D eigenvalue weighted by Crippen LogP contribution is -2.41. The van der Waals surface area contributed by atoms with E-state index in [-0.39, 0.29) is 17.5 Å². The third-order valence-electron chi connectivity index (χ3n) is 4.51. The van der Waals surface area contributed by atoms with E-state index in [9.17, 15) is 18.0 Å². The maximum Gasteiger partial charge on any atom is 0.407 e. The van der Waals surface area contributed by atoms with Crippen LogP contribution in [-0.2, 0) is 4.79 Å². The second-order valence-electron chi connectivity index (χ2n) is 6.57. The van der Waals surface area contributed by atoms with Gasteiger partial charge in [0.1, 0.15) is 6.04 Å². The zero-order valence-electron chi connectivity index (χ0n) is 14.9. The quantitative estimate of drug-likeness (QED) is 0.589. The molecule has 2 rings (SSSR count). The van der Waals surface area contributed by atoms with E-state index in [1.54, 1.807) is 11.3 Å². The Kier molecular flexibility index (Phi) is 7.52. The summed E-state index contributed by atoms with van der Waals surface area (Å²) >= 11 is 1.59. The standard InChI is InChI=1S/C18H26F3N3OS/c1-12(15-8-5-11-26-15)24-16(25)9-4-10-23-14-7-3-2-6-13(14)17(22)18(19,20)21/h5,8,11-12,17,23H,2-4,6-7,9-10,22H2,1H3,(H,24,25). The lowest BCUT2D eigenvalue weighted by atomic mass is 9.91. The number of amides is 1. The molecule has 0 saturated heterocycles. The van der Waals surface area contributed by atoms with Crippen LogP contribution in [0.25, 0.3) is 0 Å². The Morgan fingerprint density at radius 1 is 1.35 bits per heavy atom. The summed E-state index contributed by atoms with van der Waals surface area (Å²) < 4.78 is 38.7. The topological polar surface area (TPSA) is 67.2 Å². The van der Waals surface area contributed by atoms with E-state index >= 15 is 0 Å². The fourth-order valence-electron chi connectivity index (χ4n) is 3.08. The molecule has 0 bridgehead atoms. The molecule has 0 radical (unpaired) electrons. The molecule has 1 aliphatic carbocycles. The average Bonchev–Trinajstić information content (AvgIpc) is 3.12. The summed E-state index contributed by atoms with van der Waals surface area (Å²) in [5.41, 5.74) is 6.25. The Balaban J connectivity index is 1.78. The first-order valence-electron chi connectivity index (χ1n) is 8.90. The van der Waals surface area contributed by atoms with Gasteiger partial charge in [0.25, 0.3) is 0 Å². The van der Waals surface area contributed by atoms with E-state index in [1.165, 1.54) is 0 Å². The van der Waals surface area contributed by atoms with Crippen molar-refractivity contribution in [1.82, 2.24) is 10.6 Å². The summed E-state index contributed by atoms with van der Waals surface area (Å²) in [6, 6.07) is 1.97. The normalized spacial score (nSPS) is 17.7. The predicted octanol–water partition coefficient (Wildman–Crippen LogP) is 4.01. The van der Waals surface area contributed by atoms with Gasteiger partial charge >= 0.3 is 6.18 Å². The largest absolute Gasteiger partial charge is 0.407 e. The van der Waals surface area contributed by atoms with Crippen molar-refractivity contribution in [1.29, 1.82) is 0 Å². The highest BCUT2D eigenvalue weighted by Crippen LogP contribution is 2.32. The Hall–Kier alpha value is -1.54. The summed E-state index contributed by atoms with van der Waals surface area (Å²) in [6.07, 6.45) is -0.986. The third kappa shape index (κ3) is 6.02. The van der Waals surface area contributed by atoms with Gasteiger partial charge in [-0.05, 0) is 56.0 Å². The first-order valence-corrected chi connectivity index (χ1v) is 9.78. The van der Waals surface area contributed by atoms with E-state index in [4.69, 9.17) is 5.73 Å². The molecule has 1 heterocycles. The summed E-state index contributed by atoms with van der Waals surface area (Å²) in [5.74, 6) is -0.0578. The van der Waals surface area contributed by atoms with Crippen LogP contribution in [0.2, 0.25) is 0 Å². The van der Waals surface area contributed by atoms with Crippen LogP contribution in [-0.4, -0.2) is 24.7 Å². The van der Waals surface area contributed by atoms with Gasteiger partial charge < -0.3 is 16.4 Å². The lowest BCUT2D eigenvalue weighted by molar-refractivity contribution is -0.140. The van der Waals surface area contributed by atoms with E-state index < -0.39 is 12.2 Å². The molecule has 4 nitrogen and oxygen atoms in total. The number of carbonyl (C=O) groups excluding carboxylic acids is 1. The summed E-state index contributed by atoms with van der Waals surface area (Å²) in [4.78, 5) is 13.1. The second-order valence-corrected chi connectivity index (χ2v) is 7.54. The van der Waals surface area contributed by atoms with Crippen molar-refractivity contribution in [2.45, 2.75) is 63.7 Å². The van der Waals surface area contributed by atoms with Gasteiger partial charge in [-0.1, -0.05) is 6.07 Å². The van der Waals surface area contributed by atoms with Crippen molar-refractivity contribution in [3.05, 3.63) is 33.7 Å². The Labute approximate surface area is 156 Å². The highest BCUT2D eigenvalue weighted by atomic mass is 32.1. The molecule has 0 aromatic carbocycles. The predicted molar refractivity (Wildman–Crippen MR) is 97.6 cm³/mol. The third-order valence-corrected chi connectivity index (χ3v) is 5.56. The summed E-state index contributed by atoms with van der Waals surface area (Å²) in [7, 11) is 0. The van der Waals surface area contributed by atoms with Crippen LogP contribution in [0.5, 0.6) is 0 Å². The van der Waals surface area contributed by atoms with E-state index in [0.29, 0.717) is 37.9 Å². The highest BCUT2D eigenvalue weighted by Gasteiger charge is 2.40. The minimum absolute atomic E-state index is 0.0344. The molecule has 146 valence electrons. The molecule has 26 heavy (non-hydrogen) atoms. The van der Waals surface area contributed by atoms with Crippen molar-refractivity contribution < 1.29 is 18.0 Å². The number of hydrogen-bond acceptors (Lipinski definition) is 4. The number of halogens is 3. The molecular weight excluding hydrogens is 363 g/mol. The molecule has 0 spiro atoms. The van der Waals surface area contributed by atoms with Gasteiger partial charge in [0.15, 0.2) is 0 Å². The monoisotopic (exact) mass is 389 g/mol. The number of rotatable bonds is 8. The van der Waals surface area contributed by atoms with Crippen molar-refractivity contribution >= 4 is 17.2 Å². The van der Waals surface area contributed by atoms with Gasteiger partial charge in [-0.15, -0.1) is 11.3 Å². The van der Waals surface area contributed by atoms with Crippen LogP contribution in [0.4, 0.5) is 13.2 Å². The molecule has 0 fully saturated rings. The molecule has 0 saturated carbocycles. The van der Waals surface area contributed by atoms with Crippen LogP contribution in [0, 0.1) is 0 Å². The molecule has 2 atom stereocenters. The maximum absolute atomic E-state index is 12.9. The van der Waals surface area contributed by atoms with Crippen LogP contribution >= 0.6 is 11.3 Å². The van der Waals surface area contributed by atoms with Gasteiger partial charge in [-0.25, -0.2) is 0 Å². The van der Waals surface area contributed by atoms with Gasteiger partial charge in [0, 0.05) is 23.5 Å².